The molecule has 154 valence electrons. The largest absolute Gasteiger partial charge is 0.506 e. The van der Waals surface area contributed by atoms with Crippen LogP contribution in [-0.2, 0) is 0 Å². The molecule has 2 rings (SSSR count). The van der Waals surface area contributed by atoms with Crippen molar-refractivity contribution in [1.82, 2.24) is 10.3 Å². The molecule has 0 unspecified atom stereocenters. The van der Waals surface area contributed by atoms with Gasteiger partial charge < -0.3 is 24.9 Å². The lowest BCUT2D eigenvalue weighted by atomic mass is 10.1. The first-order chi connectivity index (χ1) is 13.5. The van der Waals surface area contributed by atoms with Crippen molar-refractivity contribution in [3.8, 4) is 17.2 Å². The normalized spacial score (nSPS) is 10.8. The summed E-state index contributed by atoms with van der Waals surface area (Å²) in [6, 6.07) is 3.09. The standard InChI is InChI=1S/C21H30N2O5/c1-4-5-6-7-8-9-10-11-22-20(25)18-19(24)14-12-16(27-2)17(28-3)13-15(14)23-21(18)26/h12-13H,4-11H2,1-3H3,(H,22,25)(H2,23,24,26). The molecule has 1 amide bonds. The van der Waals surface area contributed by atoms with Crippen molar-refractivity contribution in [2.24, 2.45) is 0 Å². The Morgan fingerprint density at radius 3 is 2.29 bits per heavy atom. The molecule has 7 heteroatoms. The molecule has 0 atom stereocenters. The van der Waals surface area contributed by atoms with Gasteiger partial charge in [-0.1, -0.05) is 45.4 Å². The van der Waals surface area contributed by atoms with Crippen molar-refractivity contribution in [2.75, 3.05) is 20.8 Å². The van der Waals surface area contributed by atoms with Gasteiger partial charge in [-0.15, -0.1) is 0 Å². The molecule has 0 aliphatic heterocycles. The van der Waals surface area contributed by atoms with Crippen LogP contribution >= 0.6 is 0 Å². The zero-order valence-electron chi connectivity index (χ0n) is 16.9. The summed E-state index contributed by atoms with van der Waals surface area (Å²) in [5.41, 5.74) is -0.569. The number of hydrogen-bond donors (Lipinski definition) is 3. The molecule has 28 heavy (non-hydrogen) atoms. The molecule has 0 aliphatic rings. The molecule has 1 aromatic heterocycles. The molecule has 0 spiro atoms. The molecule has 0 fully saturated rings. The highest BCUT2D eigenvalue weighted by atomic mass is 16.5. The number of carbonyl (C=O) groups is 1. The van der Waals surface area contributed by atoms with Crippen LogP contribution in [0.25, 0.3) is 10.9 Å². The van der Waals surface area contributed by atoms with Gasteiger partial charge in [0.1, 0.15) is 11.3 Å². The van der Waals surface area contributed by atoms with E-state index >= 15 is 0 Å². The first kappa shape index (κ1) is 21.6. The number of H-pyrrole nitrogens is 1. The molecular formula is C21H30N2O5. The van der Waals surface area contributed by atoms with Crippen LogP contribution in [0.4, 0.5) is 0 Å². The van der Waals surface area contributed by atoms with Gasteiger partial charge in [0.05, 0.1) is 19.7 Å². The number of aromatic amines is 1. The number of nitrogens with one attached hydrogen (secondary N) is 2. The molecule has 2 aromatic rings. The number of fused-ring (bicyclic) bond motifs is 1. The van der Waals surface area contributed by atoms with E-state index in [9.17, 15) is 14.7 Å². The topological polar surface area (TPSA) is 101 Å². The minimum Gasteiger partial charge on any atom is -0.506 e. The van der Waals surface area contributed by atoms with Crippen molar-refractivity contribution >= 4 is 16.8 Å². The quantitative estimate of drug-likeness (QED) is 0.508. The van der Waals surface area contributed by atoms with Crippen molar-refractivity contribution in [1.29, 1.82) is 0 Å². The third-order valence-corrected chi connectivity index (χ3v) is 4.78. The second-order valence-electron chi connectivity index (χ2n) is 6.81. The van der Waals surface area contributed by atoms with Gasteiger partial charge in [-0.2, -0.15) is 0 Å². The van der Waals surface area contributed by atoms with Crippen molar-refractivity contribution < 1.29 is 19.4 Å². The van der Waals surface area contributed by atoms with Gasteiger partial charge in [0.25, 0.3) is 11.5 Å². The lowest BCUT2D eigenvalue weighted by molar-refractivity contribution is 0.0949. The Bertz CT molecular complexity index is 860. The Balaban J connectivity index is 2.07. The fraction of sp³-hybridized carbons (Fsp3) is 0.524. The molecule has 0 bridgehead atoms. The number of unbranched alkanes of at least 4 members (excludes halogenated alkanes) is 6. The average Bonchev–Trinajstić information content (AvgIpc) is 2.69. The van der Waals surface area contributed by atoms with Crippen LogP contribution in [0.1, 0.15) is 62.2 Å². The smallest absolute Gasteiger partial charge is 0.265 e. The van der Waals surface area contributed by atoms with E-state index in [0.29, 0.717) is 28.9 Å². The summed E-state index contributed by atoms with van der Waals surface area (Å²) in [4.78, 5) is 27.4. The number of pyridine rings is 1. The first-order valence-corrected chi connectivity index (χ1v) is 9.82. The van der Waals surface area contributed by atoms with Gasteiger partial charge in [-0.05, 0) is 12.5 Å². The number of hydrogen-bond acceptors (Lipinski definition) is 5. The second kappa shape index (κ2) is 10.6. The van der Waals surface area contributed by atoms with E-state index in [4.69, 9.17) is 9.47 Å². The molecule has 1 aromatic carbocycles. The maximum atomic E-state index is 12.4. The third kappa shape index (κ3) is 5.18. The number of amides is 1. The number of carbonyl (C=O) groups excluding carboxylic acids is 1. The Morgan fingerprint density at radius 2 is 1.64 bits per heavy atom. The minimum absolute atomic E-state index is 0.289. The number of methoxy groups -OCH3 is 2. The highest BCUT2D eigenvalue weighted by Gasteiger charge is 2.20. The Kier molecular flexibility index (Phi) is 8.17. The van der Waals surface area contributed by atoms with E-state index in [2.05, 4.69) is 17.2 Å². The Labute approximate surface area is 165 Å². The fourth-order valence-corrected chi connectivity index (χ4v) is 3.19. The maximum absolute atomic E-state index is 12.4. The predicted octanol–water partition coefficient (Wildman–Crippen LogP) is 3.73. The summed E-state index contributed by atoms with van der Waals surface area (Å²) in [5.74, 6) is -0.133. The molecule has 0 radical (unpaired) electrons. The van der Waals surface area contributed by atoms with Crippen LogP contribution in [0.2, 0.25) is 0 Å². The average molecular weight is 390 g/mol. The molecule has 0 saturated carbocycles. The van der Waals surface area contributed by atoms with E-state index in [-0.39, 0.29) is 11.3 Å². The summed E-state index contributed by atoms with van der Waals surface area (Å²) < 4.78 is 10.4. The monoisotopic (exact) mass is 390 g/mol. The molecule has 7 nitrogen and oxygen atoms in total. The van der Waals surface area contributed by atoms with Gasteiger partial charge in [-0.3, -0.25) is 9.59 Å². The fourth-order valence-electron chi connectivity index (χ4n) is 3.19. The predicted molar refractivity (Wildman–Crippen MR) is 110 cm³/mol. The maximum Gasteiger partial charge on any atom is 0.265 e. The van der Waals surface area contributed by atoms with Crippen LogP contribution < -0.4 is 20.3 Å². The Morgan fingerprint density at radius 1 is 1.04 bits per heavy atom. The summed E-state index contributed by atoms with van der Waals surface area (Å²) in [7, 11) is 2.95. The van der Waals surface area contributed by atoms with E-state index in [1.54, 1.807) is 6.07 Å². The van der Waals surface area contributed by atoms with Crippen LogP contribution in [0.3, 0.4) is 0 Å². The van der Waals surface area contributed by atoms with Gasteiger partial charge in [0.15, 0.2) is 11.5 Å². The lowest BCUT2D eigenvalue weighted by Gasteiger charge is -2.12. The first-order valence-electron chi connectivity index (χ1n) is 9.82. The lowest BCUT2D eigenvalue weighted by Crippen LogP contribution is -2.30. The van der Waals surface area contributed by atoms with E-state index < -0.39 is 11.5 Å². The molecule has 0 aliphatic carbocycles. The van der Waals surface area contributed by atoms with Crippen LogP contribution in [0.5, 0.6) is 17.2 Å². The van der Waals surface area contributed by atoms with Gasteiger partial charge in [-0.25, -0.2) is 0 Å². The number of ether oxygens (including phenoxy) is 2. The van der Waals surface area contributed by atoms with Crippen LogP contribution in [-0.4, -0.2) is 36.8 Å². The van der Waals surface area contributed by atoms with E-state index in [0.717, 1.165) is 19.3 Å². The second-order valence-corrected chi connectivity index (χ2v) is 6.81. The summed E-state index contributed by atoms with van der Waals surface area (Å²) >= 11 is 0. The highest BCUT2D eigenvalue weighted by Crippen LogP contribution is 2.35. The molecular weight excluding hydrogens is 360 g/mol. The van der Waals surface area contributed by atoms with Crippen LogP contribution in [0.15, 0.2) is 16.9 Å². The van der Waals surface area contributed by atoms with Gasteiger partial charge in [0, 0.05) is 18.0 Å². The zero-order chi connectivity index (χ0) is 20.5. The number of aromatic nitrogens is 1. The zero-order valence-corrected chi connectivity index (χ0v) is 16.9. The minimum atomic E-state index is -0.644. The van der Waals surface area contributed by atoms with Crippen molar-refractivity contribution in [3.63, 3.8) is 0 Å². The van der Waals surface area contributed by atoms with Crippen molar-refractivity contribution in [3.05, 3.63) is 28.0 Å². The third-order valence-electron chi connectivity index (χ3n) is 4.78. The van der Waals surface area contributed by atoms with E-state index in [1.807, 2.05) is 0 Å². The SMILES string of the molecule is CCCCCCCCCNC(=O)c1c(O)c2cc(OC)c(OC)cc2[nH]c1=O. The Hall–Kier alpha value is -2.70. The molecule has 0 saturated heterocycles. The summed E-state index contributed by atoms with van der Waals surface area (Å²) in [5, 5.41) is 13.6. The van der Waals surface area contributed by atoms with Crippen molar-refractivity contribution in [2.45, 2.75) is 51.9 Å². The van der Waals surface area contributed by atoms with Crippen LogP contribution in [0, 0.1) is 0 Å². The van der Waals surface area contributed by atoms with Gasteiger partial charge in [0.2, 0.25) is 0 Å². The van der Waals surface area contributed by atoms with E-state index in [1.165, 1.54) is 46.0 Å². The number of aromatic hydroxyl groups is 1. The molecule has 3 N–H and O–H groups in total. The number of rotatable bonds is 11. The summed E-state index contributed by atoms with van der Waals surface area (Å²) in [6.45, 7) is 2.65. The highest BCUT2D eigenvalue weighted by molar-refractivity contribution is 6.02. The summed E-state index contributed by atoms with van der Waals surface area (Å²) in [6.07, 6.45) is 7.95. The molecule has 1 heterocycles. The number of benzene rings is 1. The van der Waals surface area contributed by atoms with Gasteiger partial charge >= 0.3 is 0 Å².